The number of amides is 1. The summed E-state index contributed by atoms with van der Waals surface area (Å²) >= 11 is 6.07. The summed E-state index contributed by atoms with van der Waals surface area (Å²) in [6.07, 6.45) is 1.30. The van der Waals surface area contributed by atoms with E-state index in [4.69, 9.17) is 22.1 Å². The number of nitrogens with two attached hydrogens (primary N) is 1. The van der Waals surface area contributed by atoms with E-state index in [0.717, 1.165) is 5.69 Å². The van der Waals surface area contributed by atoms with Crippen LogP contribution >= 0.6 is 11.6 Å². The van der Waals surface area contributed by atoms with Crippen molar-refractivity contribution in [1.29, 1.82) is 0 Å². The molecule has 2 rings (SSSR count). The number of aliphatic imine (C=N–C) groups is 1. The van der Waals surface area contributed by atoms with Crippen molar-refractivity contribution in [2.24, 2.45) is 10.7 Å². The average Bonchev–Trinajstić information content (AvgIpc) is 2.68. The van der Waals surface area contributed by atoms with Crippen LogP contribution in [-0.2, 0) is 4.79 Å². The standard InChI is InChI=1S/C18H25ClN5O3/c1-13(11-20)18(22(2)26)21-12-17(25)24-8-6-23(7-9-24)14-4-5-15(19)16(10-14)27-3/h4-5,10-11,26H,2,6-9,12,20H2,1,3H3/q+1/b13-11-,21-18?. The molecular weight excluding hydrogens is 370 g/mol. The second kappa shape index (κ2) is 9.27. The Kier molecular flexibility index (Phi) is 7.06. The fraction of sp³-hybridized carbons (Fsp3) is 0.389. The number of ether oxygens (including phenoxy) is 1. The van der Waals surface area contributed by atoms with Gasteiger partial charge in [0.05, 0.1) is 17.7 Å². The lowest BCUT2D eigenvalue weighted by atomic mass is 10.2. The molecule has 0 unspecified atom stereocenters. The van der Waals surface area contributed by atoms with Gasteiger partial charge in [0.2, 0.25) is 6.54 Å². The van der Waals surface area contributed by atoms with E-state index >= 15 is 0 Å². The van der Waals surface area contributed by atoms with Crippen LogP contribution in [0.25, 0.3) is 0 Å². The molecule has 8 nitrogen and oxygen atoms in total. The van der Waals surface area contributed by atoms with Crippen LogP contribution in [0.15, 0.2) is 35.0 Å². The minimum absolute atomic E-state index is 0.0815. The molecule has 0 aromatic heterocycles. The molecule has 9 heteroatoms. The fourth-order valence-electron chi connectivity index (χ4n) is 2.79. The number of amidine groups is 1. The second-order valence-electron chi connectivity index (χ2n) is 6.08. The SMILES string of the molecule is C=[N+](O)C(=NCC(=O)N1CCN(c2ccc(Cl)c(OC)c2)CC1)/C(C)=C\N. The van der Waals surface area contributed by atoms with Crippen molar-refractivity contribution < 1.29 is 19.5 Å². The number of benzene rings is 1. The molecule has 0 saturated carbocycles. The molecule has 1 aliphatic heterocycles. The summed E-state index contributed by atoms with van der Waals surface area (Å²) in [5.74, 6) is 0.671. The Hall–Kier alpha value is -2.74. The normalized spacial score (nSPS) is 15.7. The van der Waals surface area contributed by atoms with Gasteiger partial charge in [-0.3, -0.25) is 4.79 Å². The first-order valence-electron chi connectivity index (χ1n) is 8.46. The molecule has 1 aromatic rings. The first-order chi connectivity index (χ1) is 12.9. The third-order valence-electron chi connectivity index (χ3n) is 4.34. The molecule has 0 bridgehead atoms. The number of hydrogen-bond acceptors (Lipinski definition) is 6. The molecule has 1 saturated heterocycles. The van der Waals surface area contributed by atoms with Gasteiger partial charge in [0.15, 0.2) is 0 Å². The van der Waals surface area contributed by atoms with Gasteiger partial charge in [-0.1, -0.05) is 21.3 Å². The Labute approximate surface area is 163 Å². The van der Waals surface area contributed by atoms with Gasteiger partial charge in [-0.15, -0.1) is 0 Å². The number of carbonyl (C=O) groups excluding carboxylic acids is 1. The molecule has 27 heavy (non-hydrogen) atoms. The zero-order chi connectivity index (χ0) is 20.0. The van der Waals surface area contributed by atoms with Gasteiger partial charge < -0.3 is 25.5 Å². The lowest BCUT2D eigenvalue weighted by Gasteiger charge is -2.35. The van der Waals surface area contributed by atoms with Crippen molar-refractivity contribution in [3.63, 3.8) is 0 Å². The van der Waals surface area contributed by atoms with Gasteiger partial charge in [0, 0.05) is 44.1 Å². The van der Waals surface area contributed by atoms with Gasteiger partial charge in [-0.05, 0) is 19.1 Å². The number of anilines is 1. The van der Waals surface area contributed by atoms with E-state index in [9.17, 15) is 10.0 Å². The first kappa shape index (κ1) is 20.6. The molecule has 0 spiro atoms. The van der Waals surface area contributed by atoms with E-state index < -0.39 is 0 Å². The van der Waals surface area contributed by atoms with E-state index in [2.05, 4.69) is 16.6 Å². The van der Waals surface area contributed by atoms with Gasteiger partial charge in [0.25, 0.3) is 5.91 Å². The molecule has 0 radical (unpaired) electrons. The number of hydrogen-bond donors (Lipinski definition) is 2. The number of rotatable bonds is 5. The van der Waals surface area contributed by atoms with Crippen LogP contribution in [0.1, 0.15) is 6.92 Å². The topological polar surface area (TPSA) is 94.4 Å². The fourth-order valence-corrected chi connectivity index (χ4v) is 2.98. The van der Waals surface area contributed by atoms with Crippen molar-refractivity contribution in [3.05, 3.63) is 35.0 Å². The molecule has 1 fully saturated rings. The third-order valence-corrected chi connectivity index (χ3v) is 4.66. The Bertz CT molecular complexity index is 770. The summed E-state index contributed by atoms with van der Waals surface area (Å²) in [6.45, 7) is 7.50. The second-order valence-corrected chi connectivity index (χ2v) is 6.48. The van der Waals surface area contributed by atoms with Crippen LogP contribution in [0.3, 0.4) is 0 Å². The van der Waals surface area contributed by atoms with Crippen molar-refractivity contribution in [3.8, 4) is 5.75 Å². The predicted molar refractivity (Wildman–Crippen MR) is 106 cm³/mol. The van der Waals surface area contributed by atoms with Crippen molar-refractivity contribution >= 4 is 35.7 Å². The molecule has 1 aromatic carbocycles. The number of halogens is 1. The number of hydroxylamine groups is 1. The molecule has 0 atom stereocenters. The van der Waals surface area contributed by atoms with Crippen LogP contribution in [-0.4, -0.2) is 73.1 Å². The number of piperazine rings is 1. The maximum atomic E-state index is 12.4. The number of nitrogens with zero attached hydrogens (tertiary/aromatic N) is 4. The molecule has 0 aliphatic carbocycles. The van der Waals surface area contributed by atoms with Crippen molar-refractivity contribution in [1.82, 2.24) is 4.90 Å². The van der Waals surface area contributed by atoms with Crippen molar-refractivity contribution in [2.45, 2.75) is 6.92 Å². The van der Waals surface area contributed by atoms with Crippen LogP contribution in [0, 0.1) is 0 Å². The van der Waals surface area contributed by atoms with E-state index in [1.54, 1.807) is 25.0 Å². The maximum absolute atomic E-state index is 12.4. The van der Waals surface area contributed by atoms with Gasteiger partial charge in [-0.2, -0.15) is 0 Å². The summed E-state index contributed by atoms with van der Waals surface area (Å²) in [6, 6.07) is 5.63. The number of methoxy groups -OCH3 is 1. The lowest BCUT2D eigenvalue weighted by molar-refractivity contribution is -0.682. The third kappa shape index (κ3) is 5.13. The maximum Gasteiger partial charge on any atom is 0.360 e. The minimum Gasteiger partial charge on any atom is -0.495 e. The largest absolute Gasteiger partial charge is 0.495 e. The summed E-state index contributed by atoms with van der Waals surface area (Å²) < 4.78 is 5.87. The Morgan fingerprint density at radius 2 is 2.11 bits per heavy atom. The highest BCUT2D eigenvalue weighted by Gasteiger charge is 2.24. The minimum atomic E-state index is -0.118. The molecule has 3 N–H and O–H groups in total. The zero-order valence-corrected chi connectivity index (χ0v) is 16.3. The highest BCUT2D eigenvalue weighted by atomic mass is 35.5. The Morgan fingerprint density at radius 1 is 1.44 bits per heavy atom. The smallest absolute Gasteiger partial charge is 0.360 e. The summed E-state index contributed by atoms with van der Waals surface area (Å²) in [7, 11) is 1.58. The van der Waals surface area contributed by atoms with Crippen LogP contribution in [0.2, 0.25) is 5.02 Å². The summed E-state index contributed by atoms with van der Waals surface area (Å²) in [4.78, 5) is 20.5. The highest BCUT2D eigenvalue weighted by molar-refractivity contribution is 6.32. The predicted octanol–water partition coefficient (Wildman–Crippen LogP) is 1.36. The molecule has 1 amide bonds. The highest BCUT2D eigenvalue weighted by Crippen LogP contribution is 2.29. The quantitative estimate of drug-likeness (QED) is 0.258. The summed E-state index contributed by atoms with van der Waals surface area (Å²) in [5, 5.41) is 10.1. The van der Waals surface area contributed by atoms with Gasteiger partial charge in [0.1, 0.15) is 12.5 Å². The first-order valence-corrected chi connectivity index (χ1v) is 8.84. The van der Waals surface area contributed by atoms with Gasteiger partial charge >= 0.3 is 5.84 Å². The van der Waals surface area contributed by atoms with Crippen LogP contribution in [0.4, 0.5) is 5.69 Å². The van der Waals surface area contributed by atoms with Gasteiger partial charge in [-0.25, -0.2) is 0 Å². The monoisotopic (exact) mass is 394 g/mol. The zero-order valence-electron chi connectivity index (χ0n) is 15.6. The van der Waals surface area contributed by atoms with E-state index in [-0.39, 0.29) is 18.3 Å². The van der Waals surface area contributed by atoms with Crippen LogP contribution in [0.5, 0.6) is 5.75 Å². The molecular formula is C18H25ClN5O3+. The molecule has 1 aliphatic rings. The Balaban J connectivity index is 1.97. The number of carbonyl (C=O) groups is 1. The van der Waals surface area contributed by atoms with E-state index in [1.807, 2.05) is 12.1 Å². The lowest BCUT2D eigenvalue weighted by Crippen LogP contribution is -2.49. The molecule has 1 heterocycles. The summed E-state index contributed by atoms with van der Waals surface area (Å²) in [5.41, 5.74) is 6.96. The van der Waals surface area contributed by atoms with Crippen LogP contribution < -0.4 is 15.4 Å². The Morgan fingerprint density at radius 3 is 2.67 bits per heavy atom. The average molecular weight is 395 g/mol. The van der Waals surface area contributed by atoms with E-state index in [1.165, 1.54) is 6.20 Å². The van der Waals surface area contributed by atoms with E-state index in [0.29, 0.717) is 47.3 Å². The molecule has 146 valence electrons. The van der Waals surface area contributed by atoms with Crippen molar-refractivity contribution in [2.75, 3.05) is 44.7 Å².